The Hall–Kier alpha value is 0.571. The third-order valence-corrected chi connectivity index (χ3v) is 34.9. The second kappa shape index (κ2) is 6.14. The molecule has 1 unspecified atom stereocenters. The Labute approximate surface area is 113 Å². The summed E-state index contributed by atoms with van der Waals surface area (Å²) >= 11 is 0. The lowest BCUT2D eigenvalue weighted by atomic mass is 10.3. The zero-order chi connectivity index (χ0) is 14.0. The molecule has 1 atom stereocenters. The van der Waals surface area contributed by atoms with Gasteiger partial charge in [-0.05, 0) is 12.1 Å². The fourth-order valence-corrected chi connectivity index (χ4v) is 29.1. The van der Waals surface area contributed by atoms with Crippen LogP contribution in [0.3, 0.4) is 0 Å². The van der Waals surface area contributed by atoms with Crippen LogP contribution in [0.25, 0.3) is 0 Å². The van der Waals surface area contributed by atoms with E-state index in [0.717, 1.165) is 5.54 Å². The Morgan fingerprint density at radius 3 is 1.41 bits per heavy atom. The van der Waals surface area contributed by atoms with Crippen molar-refractivity contribution in [2.75, 3.05) is 0 Å². The summed E-state index contributed by atoms with van der Waals surface area (Å²) in [4.78, 5) is 0. The van der Waals surface area contributed by atoms with Crippen LogP contribution in [-0.2, 0) is 0 Å². The molecule has 0 saturated carbocycles. The molecule has 0 saturated heterocycles. The Kier molecular flexibility index (Phi) is 6.35. The van der Waals surface area contributed by atoms with Crippen LogP contribution in [0.4, 0.5) is 0 Å². The van der Waals surface area contributed by atoms with Gasteiger partial charge >= 0.3 is 0 Å². The third kappa shape index (κ3) is 4.31. The monoisotopic (exact) mass is 290 g/mol. The van der Waals surface area contributed by atoms with Crippen molar-refractivity contribution < 1.29 is 0 Å². The maximum absolute atomic E-state index is 7.11. The maximum atomic E-state index is 7.11. The largest absolute Gasteiger partial charge is 0.344 e. The second-order valence-electron chi connectivity index (χ2n) is 7.37. The molecule has 0 bridgehead atoms. The van der Waals surface area contributed by atoms with Gasteiger partial charge in [-0.1, -0.05) is 66.7 Å². The summed E-state index contributed by atoms with van der Waals surface area (Å²) in [6, 6.07) is 1.20. The van der Waals surface area contributed by atoms with Crippen LogP contribution in [0.5, 0.6) is 0 Å². The molecule has 0 spiro atoms. The summed E-state index contributed by atoms with van der Waals surface area (Å²) in [6.07, 6.45) is 0. The van der Waals surface area contributed by atoms with E-state index in [1.54, 1.807) is 0 Å². The molecule has 0 aliphatic rings. The molecule has 2 N–H and O–H groups in total. The number of nitrogens with zero attached hydrogens (tertiary/aromatic N) is 1. The predicted octanol–water partition coefficient (Wildman–Crippen LogP) is 2.42. The molecular weight excluding hydrogens is 256 g/mol. The van der Waals surface area contributed by atoms with Crippen molar-refractivity contribution in [2.24, 2.45) is 5.40 Å². The molecule has 0 aromatic heterocycles. The van der Waals surface area contributed by atoms with Gasteiger partial charge in [-0.15, -0.1) is 0 Å². The van der Waals surface area contributed by atoms with E-state index in [1.165, 1.54) is 0 Å². The molecule has 0 rings (SSSR count). The highest BCUT2D eigenvalue weighted by Crippen LogP contribution is 2.25. The molecule has 0 aliphatic carbocycles. The first-order valence-corrected chi connectivity index (χ1v) is 16.7. The first-order chi connectivity index (χ1) is 7.43. The van der Waals surface area contributed by atoms with Crippen molar-refractivity contribution in [3.05, 3.63) is 0 Å². The Bertz CT molecular complexity index is 228. The average molecular weight is 291 g/mol. The summed E-state index contributed by atoms with van der Waals surface area (Å²) < 4.78 is 2.74. The van der Waals surface area contributed by atoms with E-state index in [4.69, 9.17) is 5.40 Å². The van der Waals surface area contributed by atoms with E-state index in [2.05, 4.69) is 65.7 Å². The SMILES string of the molecule is CC(C)[SiH2][Si](N)(N(C(C)C)C(C)C)[Si](C)(C)C. The summed E-state index contributed by atoms with van der Waals surface area (Å²) in [5.41, 5.74) is 0.846. The molecule has 0 heterocycles. The van der Waals surface area contributed by atoms with E-state index in [-0.39, 0.29) is 9.04 Å². The van der Waals surface area contributed by atoms with E-state index in [0.29, 0.717) is 12.1 Å². The fraction of sp³-hybridized carbons (Fsp3) is 1.00. The zero-order valence-electron chi connectivity index (χ0n) is 13.5. The number of nitrogens with two attached hydrogens (primary N) is 1. The molecule has 5 heteroatoms. The van der Waals surface area contributed by atoms with Crippen LogP contribution in [-0.4, -0.2) is 40.7 Å². The van der Waals surface area contributed by atoms with Gasteiger partial charge in [-0.25, -0.2) is 0 Å². The first-order valence-electron chi connectivity index (χ1n) is 7.00. The summed E-state index contributed by atoms with van der Waals surface area (Å²) in [6.45, 7) is 21.5. The molecule has 0 radical (unpaired) electrons. The highest BCUT2D eigenvalue weighted by atomic mass is 29.6. The van der Waals surface area contributed by atoms with Crippen LogP contribution < -0.4 is 5.40 Å². The molecule has 0 aromatic rings. The lowest BCUT2D eigenvalue weighted by Gasteiger charge is -2.51. The molecule has 0 amide bonds. The molecule has 17 heavy (non-hydrogen) atoms. The van der Waals surface area contributed by atoms with Crippen LogP contribution in [0.1, 0.15) is 41.5 Å². The van der Waals surface area contributed by atoms with Crippen molar-refractivity contribution in [3.63, 3.8) is 0 Å². The minimum absolute atomic E-state index is 0.169. The van der Waals surface area contributed by atoms with E-state index in [1.807, 2.05) is 0 Å². The van der Waals surface area contributed by atoms with Crippen LogP contribution >= 0.6 is 0 Å². The molecule has 0 fully saturated rings. The summed E-state index contributed by atoms with van der Waals surface area (Å²) in [7, 11) is -3.09. The molecule has 104 valence electrons. The standard InChI is InChI=1S/C12H34N2Si3/c1-10(2)14(11(3)4)17(13,15-12(5)6)16(7,8)9/h10-12H,13,15H2,1-9H3. The van der Waals surface area contributed by atoms with Gasteiger partial charge in [0.25, 0.3) is 0 Å². The van der Waals surface area contributed by atoms with E-state index >= 15 is 0 Å². The minimum Gasteiger partial charge on any atom is -0.344 e. The van der Waals surface area contributed by atoms with Gasteiger partial charge in [0, 0.05) is 0 Å². The average Bonchev–Trinajstić information content (AvgIpc) is 1.97. The quantitative estimate of drug-likeness (QED) is 0.761. The lowest BCUT2D eigenvalue weighted by molar-refractivity contribution is 0.303. The van der Waals surface area contributed by atoms with Gasteiger partial charge in [0.2, 0.25) is 0 Å². The van der Waals surface area contributed by atoms with Crippen molar-refractivity contribution in [1.82, 2.24) is 4.57 Å². The highest BCUT2D eigenvalue weighted by Gasteiger charge is 2.49. The predicted molar refractivity (Wildman–Crippen MR) is 89.0 cm³/mol. The minimum atomic E-state index is -1.66. The molecule has 0 aliphatic heterocycles. The Balaban J connectivity index is 5.42. The van der Waals surface area contributed by atoms with Gasteiger partial charge < -0.3 is 9.96 Å². The normalized spacial score (nSPS) is 18.0. The fourth-order valence-electron chi connectivity index (χ4n) is 2.94. The maximum Gasteiger partial charge on any atom is 0.166 e. The van der Waals surface area contributed by atoms with Crippen molar-refractivity contribution >= 4 is 24.1 Å². The Morgan fingerprint density at radius 1 is 0.882 bits per heavy atom. The lowest BCUT2D eigenvalue weighted by Crippen LogP contribution is -2.81. The number of hydrogen-bond acceptors (Lipinski definition) is 2. The number of hydrogen-bond donors (Lipinski definition) is 1. The second-order valence-corrected chi connectivity index (χ2v) is 30.0. The van der Waals surface area contributed by atoms with Crippen molar-refractivity contribution in [1.29, 1.82) is 0 Å². The highest BCUT2D eigenvalue weighted by molar-refractivity contribution is 7.58. The van der Waals surface area contributed by atoms with Gasteiger partial charge in [0.05, 0.1) is 16.6 Å². The number of rotatable bonds is 6. The molecule has 2 nitrogen and oxygen atoms in total. The Morgan fingerprint density at radius 2 is 1.24 bits per heavy atom. The van der Waals surface area contributed by atoms with Crippen molar-refractivity contribution in [3.8, 4) is 0 Å². The van der Waals surface area contributed by atoms with Crippen LogP contribution in [0.2, 0.25) is 25.2 Å². The topological polar surface area (TPSA) is 29.3 Å². The van der Waals surface area contributed by atoms with Gasteiger partial charge in [0.1, 0.15) is 0 Å². The van der Waals surface area contributed by atoms with Gasteiger partial charge in [-0.3, -0.25) is 0 Å². The third-order valence-electron chi connectivity index (χ3n) is 3.59. The summed E-state index contributed by atoms with van der Waals surface area (Å²) in [5.74, 6) is 0. The summed E-state index contributed by atoms with van der Waals surface area (Å²) in [5, 5.41) is 7.11. The van der Waals surface area contributed by atoms with Crippen LogP contribution in [0, 0.1) is 0 Å². The molecular formula is C12H34N2Si3. The smallest absolute Gasteiger partial charge is 0.166 e. The van der Waals surface area contributed by atoms with E-state index in [9.17, 15) is 0 Å². The van der Waals surface area contributed by atoms with Crippen LogP contribution in [0.15, 0.2) is 0 Å². The molecule has 0 aromatic carbocycles. The van der Waals surface area contributed by atoms with Gasteiger partial charge in [0.15, 0.2) is 7.43 Å². The zero-order valence-corrected chi connectivity index (χ0v) is 16.9. The van der Waals surface area contributed by atoms with Gasteiger partial charge in [-0.2, -0.15) is 0 Å². The van der Waals surface area contributed by atoms with Crippen molar-refractivity contribution in [2.45, 2.75) is 78.8 Å². The first kappa shape index (κ1) is 17.6. The van der Waals surface area contributed by atoms with E-state index < -0.39 is 15.0 Å².